The molecule has 3 rings (SSSR count). The van der Waals surface area contributed by atoms with Crippen LogP contribution in [0.3, 0.4) is 0 Å². The first-order valence-electron chi connectivity index (χ1n) is 6.79. The maximum absolute atomic E-state index is 8.87. The number of benzene rings is 1. The number of anilines is 1. The minimum Gasteiger partial charge on any atom is -0.486 e. The van der Waals surface area contributed by atoms with E-state index in [9.17, 15) is 0 Å². The van der Waals surface area contributed by atoms with Gasteiger partial charge in [0.25, 0.3) is 0 Å². The van der Waals surface area contributed by atoms with E-state index in [2.05, 4.69) is 10.3 Å². The fourth-order valence-corrected chi connectivity index (χ4v) is 2.21. The molecule has 1 atom stereocenters. The van der Waals surface area contributed by atoms with Crippen molar-refractivity contribution in [2.75, 3.05) is 18.5 Å². The Morgan fingerprint density at radius 2 is 2.00 bits per heavy atom. The molecular weight excluding hydrogens is 266 g/mol. The predicted molar refractivity (Wildman–Crippen MR) is 78.4 cm³/mol. The molecule has 1 aromatic carbocycles. The van der Waals surface area contributed by atoms with Crippen molar-refractivity contribution in [1.29, 1.82) is 5.26 Å². The molecule has 21 heavy (non-hydrogen) atoms. The van der Waals surface area contributed by atoms with E-state index in [0.717, 1.165) is 17.1 Å². The Hall–Kier alpha value is -2.74. The first kappa shape index (κ1) is 13.3. The minimum atomic E-state index is 0.0438. The van der Waals surface area contributed by atoms with Gasteiger partial charge in [0.15, 0.2) is 11.5 Å². The largest absolute Gasteiger partial charge is 0.486 e. The zero-order valence-electron chi connectivity index (χ0n) is 11.7. The van der Waals surface area contributed by atoms with Crippen molar-refractivity contribution in [2.24, 2.45) is 0 Å². The van der Waals surface area contributed by atoms with Crippen LogP contribution in [0.15, 0.2) is 36.4 Å². The van der Waals surface area contributed by atoms with Gasteiger partial charge in [0.05, 0.1) is 6.04 Å². The molecule has 1 aliphatic heterocycles. The van der Waals surface area contributed by atoms with Crippen LogP contribution >= 0.6 is 0 Å². The summed E-state index contributed by atoms with van der Waals surface area (Å²) in [5.41, 5.74) is 1.47. The topological polar surface area (TPSA) is 67.2 Å². The molecule has 0 saturated carbocycles. The Morgan fingerprint density at radius 1 is 1.19 bits per heavy atom. The minimum absolute atomic E-state index is 0.0438. The lowest BCUT2D eigenvalue weighted by atomic mass is 10.1. The third-order valence-electron chi connectivity index (χ3n) is 3.29. The van der Waals surface area contributed by atoms with E-state index >= 15 is 0 Å². The van der Waals surface area contributed by atoms with E-state index in [1.807, 2.05) is 43.3 Å². The van der Waals surface area contributed by atoms with E-state index < -0.39 is 0 Å². The average Bonchev–Trinajstić information content (AvgIpc) is 2.54. The molecule has 0 fully saturated rings. The number of nitriles is 1. The highest BCUT2D eigenvalue weighted by Gasteiger charge is 2.14. The second kappa shape index (κ2) is 5.71. The van der Waals surface area contributed by atoms with Gasteiger partial charge in [0.1, 0.15) is 30.8 Å². The Balaban J connectivity index is 1.78. The molecule has 0 amide bonds. The number of hydrogen-bond donors (Lipinski definition) is 1. The molecule has 0 bridgehead atoms. The molecule has 0 radical (unpaired) electrons. The molecule has 1 unspecified atom stereocenters. The molecule has 5 heteroatoms. The van der Waals surface area contributed by atoms with Gasteiger partial charge in [-0.25, -0.2) is 4.98 Å². The molecular formula is C16H15N3O2. The number of nitrogens with one attached hydrogen (secondary N) is 1. The maximum Gasteiger partial charge on any atom is 0.161 e. The molecule has 5 nitrogen and oxygen atoms in total. The van der Waals surface area contributed by atoms with Gasteiger partial charge < -0.3 is 14.8 Å². The van der Waals surface area contributed by atoms with E-state index in [0.29, 0.717) is 24.7 Å². The molecule has 1 aromatic heterocycles. The van der Waals surface area contributed by atoms with Crippen LogP contribution in [0.1, 0.15) is 24.2 Å². The smallest absolute Gasteiger partial charge is 0.161 e. The van der Waals surface area contributed by atoms with Crippen LogP contribution in [0.4, 0.5) is 5.82 Å². The van der Waals surface area contributed by atoms with Gasteiger partial charge in [0, 0.05) is 0 Å². The first-order valence-corrected chi connectivity index (χ1v) is 6.79. The van der Waals surface area contributed by atoms with E-state index in [1.165, 1.54) is 0 Å². The standard InChI is InChI=1S/C16H15N3O2/c1-11(18-16-4-2-3-13(10-17)19-16)12-5-6-14-15(9-12)21-8-7-20-14/h2-6,9,11H,7-8H2,1H3,(H,18,19). The quantitative estimate of drug-likeness (QED) is 0.937. The number of hydrogen-bond acceptors (Lipinski definition) is 5. The van der Waals surface area contributed by atoms with Crippen molar-refractivity contribution in [3.05, 3.63) is 47.7 Å². The molecule has 1 N–H and O–H groups in total. The van der Waals surface area contributed by atoms with Crippen LogP contribution in [-0.2, 0) is 0 Å². The molecule has 0 spiro atoms. The normalized spacial score (nSPS) is 14.1. The SMILES string of the molecule is CC(Nc1cccc(C#N)n1)c1ccc2c(c1)OCCO2. The number of fused-ring (bicyclic) bond motifs is 1. The van der Waals surface area contributed by atoms with Crippen LogP contribution in [0, 0.1) is 11.3 Å². The van der Waals surface area contributed by atoms with Crippen molar-refractivity contribution < 1.29 is 9.47 Å². The highest BCUT2D eigenvalue weighted by Crippen LogP contribution is 2.33. The second-order valence-electron chi connectivity index (χ2n) is 4.79. The van der Waals surface area contributed by atoms with Crippen molar-refractivity contribution >= 4 is 5.82 Å². The van der Waals surface area contributed by atoms with Crippen LogP contribution < -0.4 is 14.8 Å². The van der Waals surface area contributed by atoms with Crippen LogP contribution in [-0.4, -0.2) is 18.2 Å². The van der Waals surface area contributed by atoms with Crippen LogP contribution in [0.5, 0.6) is 11.5 Å². The molecule has 1 aliphatic rings. The number of pyridine rings is 1. The first-order chi connectivity index (χ1) is 10.3. The zero-order chi connectivity index (χ0) is 14.7. The van der Waals surface area contributed by atoms with Gasteiger partial charge in [-0.1, -0.05) is 12.1 Å². The fourth-order valence-electron chi connectivity index (χ4n) is 2.21. The summed E-state index contributed by atoms with van der Waals surface area (Å²) >= 11 is 0. The van der Waals surface area contributed by atoms with Gasteiger partial charge in [-0.3, -0.25) is 0 Å². The van der Waals surface area contributed by atoms with Crippen molar-refractivity contribution in [1.82, 2.24) is 4.98 Å². The maximum atomic E-state index is 8.87. The highest BCUT2D eigenvalue weighted by molar-refractivity contribution is 5.47. The number of nitrogens with zero attached hydrogens (tertiary/aromatic N) is 2. The monoisotopic (exact) mass is 281 g/mol. The molecule has 0 aliphatic carbocycles. The summed E-state index contributed by atoms with van der Waals surface area (Å²) in [4.78, 5) is 4.22. The Labute approximate surface area is 123 Å². The Morgan fingerprint density at radius 3 is 2.81 bits per heavy atom. The fraction of sp³-hybridized carbons (Fsp3) is 0.250. The summed E-state index contributed by atoms with van der Waals surface area (Å²) in [7, 11) is 0. The van der Waals surface area contributed by atoms with Crippen molar-refractivity contribution in [3.63, 3.8) is 0 Å². The van der Waals surface area contributed by atoms with Gasteiger partial charge in [-0.05, 0) is 36.8 Å². The number of rotatable bonds is 3. The Kier molecular flexibility index (Phi) is 3.61. The lowest BCUT2D eigenvalue weighted by Crippen LogP contribution is -2.16. The summed E-state index contributed by atoms with van der Waals surface area (Å²) in [5, 5.41) is 12.2. The van der Waals surface area contributed by atoms with Gasteiger partial charge in [0.2, 0.25) is 0 Å². The van der Waals surface area contributed by atoms with Gasteiger partial charge in [-0.15, -0.1) is 0 Å². The zero-order valence-corrected chi connectivity index (χ0v) is 11.7. The van der Waals surface area contributed by atoms with E-state index in [-0.39, 0.29) is 6.04 Å². The van der Waals surface area contributed by atoms with Gasteiger partial charge in [-0.2, -0.15) is 5.26 Å². The third-order valence-corrected chi connectivity index (χ3v) is 3.29. The highest BCUT2D eigenvalue weighted by atomic mass is 16.6. The lowest BCUT2D eigenvalue weighted by molar-refractivity contribution is 0.171. The summed E-state index contributed by atoms with van der Waals surface area (Å²) in [5.74, 6) is 2.23. The van der Waals surface area contributed by atoms with E-state index in [4.69, 9.17) is 14.7 Å². The lowest BCUT2D eigenvalue weighted by Gasteiger charge is -2.21. The number of ether oxygens (including phenoxy) is 2. The summed E-state index contributed by atoms with van der Waals surface area (Å²) in [6, 6.07) is 13.3. The molecule has 2 heterocycles. The van der Waals surface area contributed by atoms with Crippen LogP contribution in [0.25, 0.3) is 0 Å². The third kappa shape index (κ3) is 2.90. The second-order valence-corrected chi connectivity index (χ2v) is 4.79. The average molecular weight is 281 g/mol. The number of aromatic nitrogens is 1. The molecule has 0 saturated heterocycles. The van der Waals surface area contributed by atoms with Crippen molar-refractivity contribution in [2.45, 2.75) is 13.0 Å². The molecule has 106 valence electrons. The predicted octanol–water partition coefficient (Wildman–Crippen LogP) is 2.90. The summed E-state index contributed by atoms with van der Waals surface area (Å²) in [6.45, 7) is 3.20. The summed E-state index contributed by atoms with van der Waals surface area (Å²) in [6.07, 6.45) is 0. The van der Waals surface area contributed by atoms with E-state index in [1.54, 1.807) is 6.07 Å². The Bertz CT molecular complexity index is 694. The van der Waals surface area contributed by atoms with Crippen molar-refractivity contribution in [3.8, 4) is 17.6 Å². The van der Waals surface area contributed by atoms with Crippen LogP contribution in [0.2, 0.25) is 0 Å². The molecule has 2 aromatic rings. The van der Waals surface area contributed by atoms with Gasteiger partial charge >= 0.3 is 0 Å². The summed E-state index contributed by atoms with van der Waals surface area (Å²) < 4.78 is 11.1.